The third-order valence-corrected chi connectivity index (χ3v) is 4.22. The van der Waals surface area contributed by atoms with Crippen LogP contribution in [-0.4, -0.2) is 73.4 Å². The van der Waals surface area contributed by atoms with Gasteiger partial charge in [-0.25, -0.2) is 10.0 Å². The molecule has 2 aliphatic heterocycles. The van der Waals surface area contributed by atoms with Gasteiger partial charge in [0.05, 0.1) is 18.2 Å². The zero-order chi connectivity index (χ0) is 12.5. The van der Waals surface area contributed by atoms with Gasteiger partial charge in [0.25, 0.3) is 0 Å². The molecule has 0 saturated carbocycles. The van der Waals surface area contributed by atoms with Crippen LogP contribution in [0, 0.1) is 0 Å². The van der Waals surface area contributed by atoms with E-state index in [4.69, 9.17) is 16.4 Å². The fraction of sp³-hybridized carbons (Fsp3) is 1.00. The lowest BCUT2D eigenvalue weighted by molar-refractivity contribution is -0.0583. The monoisotopic (exact) mass is 243 g/mol. The Morgan fingerprint density at radius 1 is 1.29 bits per heavy atom. The molecule has 2 saturated heterocycles. The smallest absolute Gasteiger partial charge is 0.0765 e. The Morgan fingerprint density at radius 3 is 2.65 bits per heavy atom. The third kappa shape index (κ3) is 2.33. The second-order valence-corrected chi connectivity index (χ2v) is 5.35. The van der Waals surface area contributed by atoms with Crippen molar-refractivity contribution in [1.29, 1.82) is 0 Å². The zero-order valence-corrected chi connectivity index (χ0v) is 10.9. The van der Waals surface area contributed by atoms with Crippen molar-refractivity contribution in [2.45, 2.75) is 24.4 Å². The number of piperazine rings is 1. The van der Waals surface area contributed by atoms with Gasteiger partial charge in [-0.15, -0.1) is 0 Å². The molecule has 0 amide bonds. The first-order chi connectivity index (χ1) is 8.10. The van der Waals surface area contributed by atoms with Crippen LogP contribution >= 0.6 is 0 Å². The fourth-order valence-corrected chi connectivity index (χ4v) is 3.19. The van der Waals surface area contributed by atoms with Crippen molar-refractivity contribution < 1.29 is 4.74 Å². The van der Waals surface area contributed by atoms with E-state index in [1.807, 2.05) is 10.0 Å². The average Bonchev–Trinajstić information content (AvgIpc) is 2.65. The molecule has 6 nitrogen and oxygen atoms in total. The minimum absolute atomic E-state index is 0.127. The summed E-state index contributed by atoms with van der Waals surface area (Å²) in [6, 6.07) is 0.244. The predicted octanol–water partition coefficient (Wildman–Crippen LogP) is -1.17. The summed E-state index contributed by atoms with van der Waals surface area (Å²) >= 11 is 0. The summed E-state index contributed by atoms with van der Waals surface area (Å²) < 4.78 is 5.41. The van der Waals surface area contributed by atoms with Crippen molar-refractivity contribution in [3.8, 4) is 0 Å². The van der Waals surface area contributed by atoms with Crippen molar-refractivity contribution >= 4 is 0 Å². The maximum atomic E-state index is 6.19. The molecule has 0 aromatic rings. The number of hydrogen-bond donors (Lipinski definition) is 2. The quantitative estimate of drug-likeness (QED) is 0.609. The van der Waals surface area contributed by atoms with Gasteiger partial charge in [0.15, 0.2) is 0 Å². The van der Waals surface area contributed by atoms with Crippen molar-refractivity contribution in [2.75, 3.05) is 46.9 Å². The van der Waals surface area contributed by atoms with Crippen molar-refractivity contribution in [3.05, 3.63) is 0 Å². The van der Waals surface area contributed by atoms with Crippen molar-refractivity contribution in [2.24, 2.45) is 11.7 Å². The van der Waals surface area contributed by atoms with E-state index in [-0.39, 0.29) is 11.6 Å². The van der Waals surface area contributed by atoms with Crippen LogP contribution < -0.4 is 11.7 Å². The highest BCUT2D eigenvalue weighted by atomic mass is 16.5. The van der Waals surface area contributed by atoms with Crippen LogP contribution in [0.5, 0.6) is 0 Å². The van der Waals surface area contributed by atoms with Gasteiger partial charge in [-0.1, -0.05) is 0 Å². The number of nitrogens with zero attached hydrogens (tertiary/aromatic N) is 3. The summed E-state index contributed by atoms with van der Waals surface area (Å²) in [6.45, 7) is 4.43. The van der Waals surface area contributed by atoms with Crippen LogP contribution in [0.4, 0.5) is 0 Å². The number of rotatable bonds is 3. The first-order valence-corrected chi connectivity index (χ1v) is 6.31. The molecule has 0 aromatic carbocycles. The summed E-state index contributed by atoms with van der Waals surface area (Å²) in [6.07, 6.45) is 2.18. The number of methoxy groups -OCH3 is 1. The Balaban J connectivity index is 2.19. The van der Waals surface area contributed by atoms with Gasteiger partial charge >= 0.3 is 0 Å². The number of nitrogens with two attached hydrogens (primary N) is 2. The van der Waals surface area contributed by atoms with Gasteiger partial charge < -0.3 is 9.64 Å². The molecular weight excluding hydrogens is 218 g/mol. The highest BCUT2D eigenvalue weighted by molar-refractivity contribution is 5.05. The Bertz CT molecular complexity index is 264. The summed E-state index contributed by atoms with van der Waals surface area (Å²) in [7, 11) is 3.87. The summed E-state index contributed by atoms with van der Waals surface area (Å²) in [5, 5.41) is 3.89. The lowest BCUT2D eigenvalue weighted by atomic mass is 9.86. The number of hydrogen-bond acceptors (Lipinski definition) is 6. The highest BCUT2D eigenvalue weighted by Crippen LogP contribution is 2.33. The van der Waals surface area contributed by atoms with Crippen LogP contribution in [-0.2, 0) is 4.74 Å². The highest BCUT2D eigenvalue weighted by Gasteiger charge is 2.49. The van der Waals surface area contributed by atoms with E-state index in [1.54, 1.807) is 7.11 Å². The Morgan fingerprint density at radius 2 is 2.06 bits per heavy atom. The molecule has 4 N–H and O–H groups in total. The first-order valence-electron chi connectivity index (χ1n) is 6.31. The molecule has 6 heteroatoms. The summed E-state index contributed by atoms with van der Waals surface area (Å²) in [5.41, 5.74) is -0.127. The molecule has 0 bridgehead atoms. The molecule has 0 aromatic heterocycles. The van der Waals surface area contributed by atoms with Crippen LogP contribution in [0.2, 0.25) is 0 Å². The number of ether oxygens (including phenoxy) is 1. The molecule has 0 unspecified atom stereocenters. The minimum atomic E-state index is -0.127. The topological polar surface area (TPSA) is 71.0 Å². The Labute approximate surface area is 103 Å². The molecule has 2 heterocycles. The number of likely N-dealkylation sites (N-methyl/N-ethyl adjacent to an activating group) is 1. The third-order valence-electron chi connectivity index (χ3n) is 4.22. The second kappa shape index (κ2) is 5.17. The molecule has 17 heavy (non-hydrogen) atoms. The van der Waals surface area contributed by atoms with E-state index in [1.165, 1.54) is 0 Å². The normalized spacial score (nSPS) is 37.8. The lowest BCUT2D eigenvalue weighted by Crippen LogP contribution is -2.70. The standard InChI is InChI=1S/C11H25N5O/c1-14-6-7-15(12)10(8-14)11(9-17-2)4-3-5-16(11)13/h10H,3-9,12-13H2,1-2H3/t10-,11+/m0/s1. The molecule has 0 aliphatic carbocycles. The predicted molar refractivity (Wildman–Crippen MR) is 66.9 cm³/mol. The maximum Gasteiger partial charge on any atom is 0.0765 e. The van der Waals surface area contributed by atoms with Gasteiger partial charge in [0.1, 0.15) is 0 Å². The van der Waals surface area contributed by atoms with Crippen LogP contribution in [0.3, 0.4) is 0 Å². The SMILES string of the molecule is COC[C@@]1([C@@H]2CN(C)CCN2N)CCCN1N. The average molecular weight is 243 g/mol. The van der Waals surface area contributed by atoms with E-state index in [0.29, 0.717) is 6.61 Å². The van der Waals surface area contributed by atoms with Crippen LogP contribution in [0.1, 0.15) is 12.8 Å². The van der Waals surface area contributed by atoms with Crippen LogP contribution in [0.15, 0.2) is 0 Å². The van der Waals surface area contributed by atoms with Gasteiger partial charge in [-0.05, 0) is 19.9 Å². The van der Waals surface area contributed by atoms with E-state index in [2.05, 4.69) is 11.9 Å². The first kappa shape index (κ1) is 13.2. The molecule has 100 valence electrons. The fourth-order valence-electron chi connectivity index (χ4n) is 3.19. The largest absolute Gasteiger partial charge is 0.383 e. The van der Waals surface area contributed by atoms with Crippen LogP contribution in [0.25, 0.3) is 0 Å². The molecule has 2 fully saturated rings. The zero-order valence-electron chi connectivity index (χ0n) is 10.9. The molecule has 2 atom stereocenters. The van der Waals surface area contributed by atoms with Gasteiger partial charge in [-0.2, -0.15) is 0 Å². The lowest BCUT2D eigenvalue weighted by Gasteiger charge is -2.49. The molecule has 0 radical (unpaired) electrons. The summed E-state index contributed by atoms with van der Waals surface area (Å²) in [4.78, 5) is 2.32. The van der Waals surface area contributed by atoms with E-state index < -0.39 is 0 Å². The molecule has 0 spiro atoms. The van der Waals surface area contributed by atoms with Gasteiger partial charge in [0, 0.05) is 33.3 Å². The Hall–Kier alpha value is -0.240. The Kier molecular flexibility index (Phi) is 4.02. The number of hydrazine groups is 2. The van der Waals surface area contributed by atoms with E-state index in [9.17, 15) is 0 Å². The van der Waals surface area contributed by atoms with Gasteiger partial charge in [0.2, 0.25) is 0 Å². The van der Waals surface area contributed by atoms with E-state index >= 15 is 0 Å². The van der Waals surface area contributed by atoms with Crippen molar-refractivity contribution in [3.63, 3.8) is 0 Å². The second-order valence-electron chi connectivity index (χ2n) is 5.35. The van der Waals surface area contributed by atoms with Gasteiger partial charge in [-0.3, -0.25) is 11.7 Å². The minimum Gasteiger partial charge on any atom is -0.383 e. The molecule has 2 aliphatic rings. The molecule has 2 rings (SSSR count). The molecular formula is C11H25N5O. The van der Waals surface area contributed by atoms with E-state index in [0.717, 1.165) is 39.0 Å². The summed E-state index contributed by atoms with van der Waals surface area (Å²) in [5.74, 6) is 12.4. The van der Waals surface area contributed by atoms with Crippen molar-refractivity contribution in [1.82, 2.24) is 14.9 Å². The maximum absolute atomic E-state index is 6.19.